The van der Waals surface area contributed by atoms with Crippen LogP contribution < -0.4 is 5.32 Å². The van der Waals surface area contributed by atoms with Crippen molar-refractivity contribution in [3.63, 3.8) is 0 Å². The number of para-hydroxylation sites is 2. The van der Waals surface area contributed by atoms with Crippen LogP contribution in [-0.4, -0.2) is 27.7 Å². The molecule has 2 aromatic rings. The Hall–Kier alpha value is -2.30. The third-order valence-electron chi connectivity index (χ3n) is 4.87. The second kappa shape index (κ2) is 5.36. The molecule has 2 bridgehead atoms. The van der Waals surface area contributed by atoms with E-state index >= 15 is 0 Å². The SMILES string of the molecule is CC(C)(C)OC(=O)NC1C(c2nc3ccccc3[nH]2)C2C=C[C@@H]1C2. The van der Waals surface area contributed by atoms with Crippen LogP contribution in [0.1, 0.15) is 38.9 Å². The standard InChI is InChI=1S/C19H23N3O2/c1-19(2,3)24-18(23)22-16-12-9-8-11(10-12)15(16)17-20-13-6-4-5-7-14(13)21-17/h4-9,11-12,15-16H,10H2,1-3H3,(H,20,21)(H,22,23)/t11?,12-,15?,16?/m1/s1. The second-order valence-electron chi connectivity index (χ2n) is 7.79. The minimum absolute atomic E-state index is 0.0235. The number of imidazole rings is 1. The predicted octanol–water partition coefficient (Wildman–Crippen LogP) is 3.75. The van der Waals surface area contributed by atoms with E-state index in [1.807, 2.05) is 45.0 Å². The molecule has 0 saturated heterocycles. The zero-order valence-corrected chi connectivity index (χ0v) is 14.2. The van der Waals surface area contributed by atoms with Gasteiger partial charge in [0, 0.05) is 12.0 Å². The van der Waals surface area contributed by atoms with Crippen molar-refractivity contribution in [1.82, 2.24) is 15.3 Å². The van der Waals surface area contributed by atoms with Crippen molar-refractivity contribution in [3.05, 3.63) is 42.2 Å². The lowest BCUT2D eigenvalue weighted by Gasteiger charge is -2.29. The molecule has 5 heteroatoms. The molecule has 2 N–H and O–H groups in total. The van der Waals surface area contributed by atoms with Gasteiger partial charge in [0.1, 0.15) is 11.4 Å². The van der Waals surface area contributed by atoms with Gasteiger partial charge in [0.05, 0.1) is 11.0 Å². The highest BCUT2D eigenvalue weighted by atomic mass is 16.6. The summed E-state index contributed by atoms with van der Waals surface area (Å²) in [6.45, 7) is 5.64. The van der Waals surface area contributed by atoms with E-state index in [1.54, 1.807) is 0 Å². The number of nitrogens with zero attached hydrogens (tertiary/aromatic N) is 1. The van der Waals surface area contributed by atoms with Crippen LogP contribution in [-0.2, 0) is 4.74 Å². The summed E-state index contributed by atoms with van der Waals surface area (Å²) >= 11 is 0. The first-order valence-corrected chi connectivity index (χ1v) is 8.53. The summed E-state index contributed by atoms with van der Waals surface area (Å²) in [7, 11) is 0. The molecule has 2 aliphatic rings. The number of hydrogen-bond acceptors (Lipinski definition) is 3. The van der Waals surface area contributed by atoms with Gasteiger partial charge in [0.25, 0.3) is 0 Å². The number of rotatable bonds is 2. The van der Waals surface area contributed by atoms with Gasteiger partial charge in [-0.05, 0) is 51.2 Å². The van der Waals surface area contributed by atoms with Gasteiger partial charge in [-0.25, -0.2) is 9.78 Å². The highest BCUT2D eigenvalue weighted by Gasteiger charge is 2.47. The molecule has 1 aromatic heterocycles. The number of nitrogens with one attached hydrogen (secondary N) is 2. The van der Waals surface area contributed by atoms with Crippen LogP contribution >= 0.6 is 0 Å². The zero-order chi connectivity index (χ0) is 16.9. The number of allylic oxidation sites excluding steroid dienone is 1. The van der Waals surface area contributed by atoms with Gasteiger partial charge < -0.3 is 15.0 Å². The fraction of sp³-hybridized carbons (Fsp3) is 0.474. The second-order valence-corrected chi connectivity index (χ2v) is 7.79. The Labute approximate surface area is 141 Å². The van der Waals surface area contributed by atoms with Crippen molar-refractivity contribution >= 4 is 17.1 Å². The number of aromatic nitrogens is 2. The fourth-order valence-corrected chi connectivity index (χ4v) is 3.97. The summed E-state index contributed by atoms with van der Waals surface area (Å²) < 4.78 is 5.45. The Kier molecular flexibility index (Phi) is 3.41. The largest absolute Gasteiger partial charge is 0.444 e. The minimum Gasteiger partial charge on any atom is -0.444 e. The number of carbonyl (C=O) groups is 1. The first kappa shape index (κ1) is 15.2. The van der Waals surface area contributed by atoms with Gasteiger partial charge >= 0.3 is 6.09 Å². The summed E-state index contributed by atoms with van der Waals surface area (Å²) in [5, 5.41) is 3.09. The maximum Gasteiger partial charge on any atom is 0.407 e. The zero-order valence-electron chi connectivity index (χ0n) is 14.2. The molecule has 4 atom stereocenters. The Balaban J connectivity index is 1.61. The highest BCUT2D eigenvalue weighted by Crippen LogP contribution is 2.48. The monoisotopic (exact) mass is 325 g/mol. The Morgan fingerprint density at radius 3 is 2.75 bits per heavy atom. The third kappa shape index (κ3) is 2.68. The molecular formula is C19H23N3O2. The van der Waals surface area contributed by atoms with Crippen LogP contribution in [0.25, 0.3) is 11.0 Å². The van der Waals surface area contributed by atoms with Gasteiger partial charge in [-0.2, -0.15) is 0 Å². The molecule has 5 nitrogen and oxygen atoms in total. The fourth-order valence-electron chi connectivity index (χ4n) is 3.97. The molecular weight excluding hydrogens is 302 g/mol. The number of benzene rings is 1. The predicted molar refractivity (Wildman–Crippen MR) is 92.7 cm³/mol. The van der Waals surface area contributed by atoms with Crippen LogP contribution in [0.5, 0.6) is 0 Å². The number of ether oxygens (including phenoxy) is 1. The number of amides is 1. The average Bonchev–Trinajstić information content (AvgIpc) is 3.18. The van der Waals surface area contributed by atoms with Gasteiger partial charge in [-0.15, -0.1) is 0 Å². The number of hydrogen-bond donors (Lipinski definition) is 2. The molecule has 1 fully saturated rings. The Bertz CT molecular complexity index is 769. The van der Waals surface area contributed by atoms with Crippen LogP contribution in [0, 0.1) is 11.8 Å². The molecule has 126 valence electrons. The van der Waals surface area contributed by atoms with Crippen molar-refractivity contribution in [3.8, 4) is 0 Å². The Morgan fingerprint density at radius 1 is 1.25 bits per heavy atom. The molecule has 24 heavy (non-hydrogen) atoms. The van der Waals surface area contributed by atoms with E-state index in [1.165, 1.54) is 0 Å². The normalized spacial score (nSPS) is 28.5. The molecule has 1 amide bonds. The van der Waals surface area contributed by atoms with Gasteiger partial charge in [0.15, 0.2) is 0 Å². The molecule has 0 aliphatic heterocycles. The maximum absolute atomic E-state index is 12.3. The number of fused-ring (bicyclic) bond motifs is 3. The van der Waals surface area contributed by atoms with E-state index in [0.29, 0.717) is 11.8 Å². The molecule has 0 radical (unpaired) electrons. The van der Waals surface area contributed by atoms with Gasteiger partial charge in [-0.3, -0.25) is 0 Å². The topological polar surface area (TPSA) is 67.0 Å². The lowest BCUT2D eigenvalue weighted by molar-refractivity contribution is 0.0490. The number of carbonyl (C=O) groups excluding carboxylic acids is 1. The number of H-pyrrole nitrogens is 1. The highest BCUT2D eigenvalue weighted by molar-refractivity contribution is 5.75. The summed E-state index contributed by atoms with van der Waals surface area (Å²) in [6.07, 6.45) is 5.18. The first-order chi connectivity index (χ1) is 11.4. The van der Waals surface area contributed by atoms with Crippen molar-refractivity contribution < 1.29 is 9.53 Å². The van der Waals surface area contributed by atoms with E-state index in [-0.39, 0.29) is 18.1 Å². The molecule has 2 aliphatic carbocycles. The molecule has 0 spiro atoms. The summed E-state index contributed by atoms with van der Waals surface area (Å²) in [5.41, 5.74) is 1.51. The van der Waals surface area contributed by atoms with Gasteiger partial charge in [0.2, 0.25) is 0 Å². The maximum atomic E-state index is 12.3. The third-order valence-corrected chi connectivity index (χ3v) is 4.87. The van der Waals surface area contributed by atoms with E-state index in [2.05, 4.69) is 22.5 Å². The van der Waals surface area contributed by atoms with Crippen molar-refractivity contribution in [1.29, 1.82) is 0 Å². The minimum atomic E-state index is -0.494. The number of alkyl carbamates (subject to hydrolysis) is 1. The molecule has 1 heterocycles. The molecule has 1 saturated carbocycles. The van der Waals surface area contributed by atoms with Crippen molar-refractivity contribution in [2.24, 2.45) is 11.8 Å². The van der Waals surface area contributed by atoms with E-state index in [9.17, 15) is 4.79 Å². The lowest BCUT2D eigenvalue weighted by atomic mass is 9.88. The van der Waals surface area contributed by atoms with Crippen LogP contribution in [0.15, 0.2) is 36.4 Å². The smallest absolute Gasteiger partial charge is 0.407 e. The summed E-state index contributed by atoms with van der Waals surface area (Å²) in [5.74, 6) is 1.88. The molecule has 1 aromatic carbocycles. The van der Waals surface area contributed by atoms with Crippen LogP contribution in [0.2, 0.25) is 0 Å². The average molecular weight is 325 g/mol. The van der Waals surface area contributed by atoms with Gasteiger partial charge in [-0.1, -0.05) is 24.3 Å². The summed E-state index contributed by atoms with van der Waals surface area (Å²) in [4.78, 5) is 20.5. The molecule has 3 unspecified atom stereocenters. The van der Waals surface area contributed by atoms with E-state index < -0.39 is 5.60 Å². The van der Waals surface area contributed by atoms with Crippen LogP contribution in [0.3, 0.4) is 0 Å². The number of aromatic amines is 1. The van der Waals surface area contributed by atoms with E-state index in [4.69, 9.17) is 9.72 Å². The first-order valence-electron chi connectivity index (χ1n) is 8.53. The summed E-state index contributed by atoms with van der Waals surface area (Å²) in [6, 6.07) is 8.06. The van der Waals surface area contributed by atoms with Crippen LogP contribution in [0.4, 0.5) is 4.79 Å². The van der Waals surface area contributed by atoms with E-state index in [0.717, 1.165) is 23.3 Å². The molecule has 4 rings (SSSR count). The quantitative estimate of drug-likeness (QED) is 0.827. The van der Waals surface area contributed by atoms with Crippen molar-refractivity contribution in [2.45, 2.75) is 44.8 Å². The lowest BCUT2D eigenvalue weighted by Crippen LogP contribution is -2.44. The Morgan fingerprint density at radius 2 is 2.00 bits per heavy atom. The van der Waals surface area contributed by atoms with Crippen molar-refractivity contribution in [2.75, 3.05) is 0 Å².